The van der Waals surface area contributed by atoms with Gasteiger partial charge in [0.15, 0.2) is 11.9 Å². The number of aryl methyl sites for hydroxylation is 1. The van der Waals surface area contributed by atoms with Gasteiger partial charge >= 0.3 is 0 Å². The quantitative estimate of drug-likeness (QED) is 0.418. The number of nitrogens with two attached hydrogens (primary N) is 1. The zero-order valence-electron chi connectivity index (χ0n) is 11.1. The lowest BCUT2D eigenvalue weighted by atomic mass is 9.96. The number of guanidine groups is 2. The minimum atomic E-state index is -0.243. The summed E-state index contributed by atoms with van der Waals surface area (Å²) in [4.78, 5) is 0. The molecule has 6 N–H and O–H groups in total. The first-order valence-electron chi connectivity index (χ1n) is 6.04. The molecule has 0 atom stereocenters. The van der Waals surface area contributed by atoms with Gasteiger partial charge in [0, 0.05) is 5.69 Å². The Labute approximate surface area is 108 Å². The Hall–Kier alpha value is -2.04. The molecule has 0 heterocycles. The minimum Gasteiger partial charge on any atom is -0.370 e. The first-order chi connectivity index (χ1) is 8.45. The number of hydrogen-bond donors (Lipinski definition) is 5. The zero-order chi connectivity index (χ0) is 13.7. The normalized spacial score (nSPS) is 10.2. The van der Waals surface area contributed by atoms with Crippen LogP contribution in [0.2, 0.25) is 0 Å². The molecule has 5 nitrogen and oxygen atoms in total. The van der Waals surface area contributed by atoms with Crippen molar-refractivity contribution in [3.05, 3.63) is 29.3 Å². The Balaban J connectivity index is 3.04. The van der Waals surface area contributed by atoms with Crippen LogP contribution in [0, 0.1) is 10.8 Å². The van der Waals surface area contributed by atoms with Gasteiger partial charge in [-0.2, -0.15) is 0 Å². The summed E-state index contributed by atoms with van der Waals surface area (Å²) in [7, 11) is 0. The molecule has 0 radical (unpaired) electrons. The molecule has 18 heavy (non-hydrogen) atoms. The lowest BCUT2D eigenvalue weighted by Crippen LogP contribution is -2.39. The molecule has 0 saturated heterocycles. The summed E-state index contributed by atoms with van der Waals surface area (Å²) in [6.45, 7) is 6.30. The number of para-hydroxylation sites is 1. The van der Waals surface area contributed by atoms with Crippen LogP contribution in [-0.2, 0) is 6.42 Å². The number of nitrogens with one attached hydrogen (secondary N) is 4. The van der Waals surface area contributed by atoms with Gasteiger partial charge in [-0.05, 0) is 23.5 Å². The molecule has 0 unspecified atom stereocenters. The summed E-state index contributed by atoms with van der Waals surface area (Å²) >= 11 is 0. The molecule has 0 aromatic heterocycles. The summed E-state index contributed by atoms with van der Waals surface area (Å²) in [5, 5.41) is 20.3. The lowest BCUT2D eigenvalue weighted by Gasteiger charge is -2.18. The van der Waals surface area contributed by atoms with E-state index in [4.69, 9.17) is 16.6 Å². The second-order valence-electron chi connectivity index (χ2n) is 4.43. The molecule has 5 heteroatoms. The van der Waals surface area contributed by atoms with Crippen molar-refractivity contribution < 1.29 is 0 Å². The monoisotopic (exact) mass is 247 g/mol. The molecule has 1 aromatic carbocycles. The molecule has 98 valence electrons. The molecule has 1 rings (SSSR count). The van der Waals surface area contributed by atoms with E-state index in [9.17, 15) is 0 Å². The van der Waals surface area contributed by atoms with Gasteiger partial charge in [-0.3, -0.25) is 16.1 Å². The van der Waals surface area contributed by atoms with Gasteiger partial charge in [0.2, 0.25) is 0 Å². The Morgan fingerprint density at radius 1 is 1.33 bits per heavy atom. The van der Waals surface area contributed by atoms with E-state index in [-0.39, 0.29) is 11.9 Å². The summed E-state index contributed by atoms with van der Waals surface area (Å²) in [5.74, 6) is 0.141. The lowest BCUT2D eigenvalue weighted by molar-refractivity contribution is 0.865. The highest BCUT2D eigenvalue weighted by Gasteiger charge is 2.11. The third kappa shape index (κ3) is 3.48. The van der Waals surface area contributed by atoms with Gasteiger partial charge in [-0.1, -0.05) is 39.0 Å². The fraction of sp³-hybridized carbons (Fsp3) is 0.385. The van der Waals surface area contributed by atoms with Gasteiger partial charge in [0.05, 0.1) is 0 Å². The average Bonchev–Trinajstić information content (AvgIpc) is 2.27. The van der Waals surface area contributed by atoms with E-state index in [1.807, 2.05) is 18.2 Å². The zero-order valence-corrected chi connectivity index (χ0v) is 11.1. The molecule has 0 bridgehead atoms. The SMILES string of the molecule is CCc1cccc(C(C)C)c1NC(=N)NC(=N)N. The van der Waals surface area contributed by atoms with Gasteiger partial charge in [0.25, 0.3) is 0 Å². The Kier molecular flexibility index (Phi) is 4.71. The van der Waals surface area contributed by atoms with Crippen LogP contribution in [0.4, 0.5) is 5.69 Å². The fourth-order valence-corrected chi connectivity index (χ4v) is 1.84. The van der Waals surface area contributed by atoms with Crippen LogP contribution in [0.1, 0.15) is 37.8 Å². The third-order valence-electron chi connectivity index (χ3n) is 2.70. The van der Waals surface area contributed by atoms with E-state index in [2.05, 4.69) is 31.4 Å². The van der Waals surface area contributed by atoms with Crippen molar-refractivity contribution in [3.8, 4) is 0 Å². The molecule has 0 amide bonds. The van der Waals surface area contributed by atoms with E-state index < -0.39 is 0 Å². The van der Waals surface area contributed by atoms with Crippen molar-refractivity contribution >= 4 is 17.6 Å². The van der Waals surface area contributed by atoms with Crippen LogP contribution in [0.3, 0.4) is 0 Å². The predicted octanol–water partition coefficient (Wildman–Crippen LogP) is 2.20. The molecule has 0 aliphatic rings. The Bertz CT molecular complexity index is 451. The Morgan fingerprint density at radius 2 is 2.00 bits per heavy atom. The van der Waals surface area contributed by atoms with Crippen molar-refractivity contribution in [1.82, 2.24) is 5.32 Å². The van der Waals surface area contributed by atoms with Crippen molar-refractivity contribution in [2.75, 3.05) is 5.32 Å². The van der Waals surface area contributed by atoms with E-state index in [0.29, 0.717) is 5.92 Å². The summed E-state index contributed by atoms with van der Waals surface area (Å²) < 4.78 is 0. The minimum absolute atomic E-state index is 0.0188. The highest BCUT2D eigenvalue weighted by atomic mass is 15.2. The summed E-state index contributed by atoms with van der Waals surface area (Å²) in [5.41, 5.74) is 8.45. The molecular formula is C13H21N5. The number of rotatable bonds is 3. The number of anilines is 1. The third-order valence-corrected chi connectivity index (χ3v) is 2.70. The molecule has 0 spiro atoms. The van der Waals surface area contributed by atoms with Crippen LogP contribution < -0.4 is 16.4 Å². The van der Waals surface area contributed by atoms with Crippen LogP contribution >= 0.6 is 0 Å². The van der Waals surface area contributed by atoms with Crippen LogP contribution in [-0.4, -0.2) is 11.9 Å². The Morgan fingerprint density at radius 3 is 2.50 bits per heavy atom. The van der Waals surface area contributed by atoms with Gasteiger partial charge in [0.1, 0.15) is 0 Å². The molecule has 1 aromatic rings. The molecule has 0 fully saturated rings. The molecule has 0 aliphatic carbocycles. The summed E-state index contributed by atoms with van der Waals surface area (Å²) in [6.07, 6.45) is 0.885. The number of benzene rings is 1. The van der Waals surface area contributed by atoms with Crippen molar-refractivity contribution in [2.45, 2.75) is 33.1 Å². The van der Waals surface area contributed by atoms with E-state index in [1.165, 1.54) is 0 Å². The smallest absolute Gasteiger partial charge is 0.199 e. The van der Waals surface area contributed by atoms with E-state index in [1.54, 1.807) is 0 Å². The first-order valence-corrected chi connectivity index (χ1v) is 6.04. The first kappa shape index (κ1) is 14.0. The van der Waals surface area contributed by atoms with Crippen molar-refractivity contribution in [3.63, 3.8) is 0 Å². The molecule has 0 aliphatic heterocycles. The summed E-state index contributed by atoms with van der Waals surface area (Å²) in [6, 6.07) is 6.11. The maximum absolute atomic E-state index is 7.72. The van der Waals surface area contributed by atoms with Gasteiger partial charge in [-0.15, -0.1) is 0 Å². The maximum Gasteiger partial charge on any atom is 0.199 e. The highest BCUT2D eigenvalue weighted by molar-refractivity contribution is 6.02. The van der Waals surface area contributed by atoms with Gasteiger partial charge in [-0.25, -0.2) is 0 Å². The number of hydrogen-bond acceptors (Lipinski definition) is 2. The van der Waals surface area contributed by atoms with Crippen LogP contribution in [0.25, 0.3) is 0 Å². The topological polar surface area (TPSA) is 97.8 Å². The second kappa shape index (κ2) is 6.05. The largest absolute Gasteiger partial charge is 0.370 e. The predicted molar refractivity (Wildman–Crippen MR) is 76.3 cm³/mol. The van der Waals surface area contributed by atoms with E-state index >= 15 is 0 Å². The van der Waals surface area contributed by atoms with E-state index in [0.717, 1.165) is 23.2 Å². The average molecular weight is 247 g/mol. The van der Waals surface area contributed by atoms with Crippen LogP contribution in [0.15, 0.2) is 18.2 Å². The fourth-order valence-electron chi connectivity index (χ4n) is 1.84. The standard InChI is InChI=1S/C13H21N5/c1-4-9-6-5-7-10(8(2)3)11(9)17-13(16)18-12(14)15/h5-8H,4H2,1-3H3,(H6,14,15,16,17,18). The van der Waals surface area contributed by atoms with Gasteiger partial charge < -0.3 is 11.1 Å². The molecule has 0 saturated carbocycles. The van der Waals surface area contributed by atoms with Crippen LogP contribution in [0.5, 0.6) is 0 Å². The molecular weight excluding hydrogens is 226 g/mol. The van der Waals surface area contributed by atoms with Crippen molar-refractivity contribution in [2.24, 2.45) is 5.73 Å². The van der Waals surface area contributed by atoms with Crippen molar-refractivity contribution in [1.29, 1.82) is 10.8 Å². The second-order valence-corrected chi connectivity index (χ2v) is 4.43. The highest BCUT2D eigenvalue weighted by Crippen LogP contribution is 2.28. The maximum atomic E-state index is 7.72.